The Kier molecular flexibility index (Phi) is 5.21. The highest BCUT2D eigenvalue weighted by Crippen LogP contribution is 2.39. The summed E-state index contributed by atoms with van der Waals surface area (Å²) in [5, 5.41) is 0.808. The van der Waals surface area contributed by atoms with Crippen molar-refractivity contribution in [2.24, 2.45) is 11.8 Å². The van der Waals surface area contributed by atoms with E-state index >= 15 is 0 Å². The molecule has 1 saturated heterocycles. The number of fused-ring (bicyclic) bond motifs is 1. The summed E-state index contributed by atoms with van der Waals surface area (Å²) in [7, 11) is -2.09. The van der Waals surface area contributed by atoms with Gasteiger partial charge in [-0.15, -0.1) is 0 Å². The number of rotatable bonds is 4. The molecule has 6 heteroatoms. The minimum Gasteiger partial charge on any atom is -0.497 e. The van der Waals surface area contributed by atoms with E-state index in [4.69, 9.17) is 4.74 Å². The summed E-state index contributed by atoms with van der Waals surface area (Å²) in [6, 6.07) is 14.2. The van der Waals surface area contributed by atoms with E-state index < -0.39 is 9.84 Å². The van der Waals surface area contributed by atoms with Gasteiger partial charge in [0, 0.05) is 24.7 Å². The number of piperidine rings is 1. The van der Waals surface area contributed by atoms with E-state index in [1.807, 2.05) is 24.3 Å². The van der Waals surface area contributed by atoms with Crippen molar-refractivity contribution in [3.05, 3.63) is 54.7 Å². The average molecular weight is 411 g/mol. The number of anilines is 1. The number of hydrogen-bond donors (Lipinski definition) is 0. The maximum atomic E-state index is 13.6. The molecule has 0 saturated carbocycles. The highest BCUT2D eigenvalue weighted by molar-refractivity contribution is 7.91. The first kappa shape index (κ1) is 19.7. The molecule has 2 aromatic carbocycles. The molecule has 0 spiro atoms. The maximum Gasteiger partial charge on any atom is 0.210 e. The summed E-state index contributed by atoms with van der Waals surface area (Å²) in [5.74, 6) is 1.66. The Morgan fingerprint density at radius 3 is 2.38 bits per heavy atom. The fraction of sp³-hybridized carbons (Fsp3) is 0.348. The van der Waals surface area contributed by atoms with Crippen LogP contribution in [0.2, 0.25) is 0 Å². The van der Waals surface area contributed by atoms with Gasteiger partial charge in [0.15, 0.2) is 0 Å². The van der Waals surface area contributed by atoms with Crippen LogP contribution in [0.5, 0.6) is 5.75 Å². The second-order valence-electron chi connectivity index (χ2n) is 8.02. The molecule has 29 heavy (non-hydrogen) atoms. The summed E-state index contributed by atoms with van der Waals surface area (Å²) in [5.41, 5.74) is 1.50. The zero-order valence-electron chi connectivity index (χ0n) is 17.0. The lowest BCUT2D eigenvalue weighted by Crippen LogP contribution is -2.39. The summed E-state index contributed by atoms with van der Waals surface area (Å²) in [4.78, 5) is 7.24. The van der Waals surface area contributed by atoms with Gasteiger partial charge in [0.2, 0.25) is 9.84 Å². The van der Waals surface area contributed by atoms with Gasteiger partial charge in [-0.05, 0) is 48.6 Å². The Morgan fingerprint density at radius 2 is 1.72 bits per heavy atom. The van der Waals surface area contributed by atoms with Crippen LogP contribution in [0.25, 0.3) is 10.9 Å². The highest BCUT2D eigenvalue weighted by Gasteiger charge is 2.30. The fourth-order valence-corrected chi connectivity index (χ4v) is 5.82. The topological polar surface area (TPSA) is 59.5 Å². The van der Waals surface area contributed by atoms with Crippen molar-refractivity contribution in [1.82, 2.24) is 4.98 Å². The molecule has 0 unspecified atom stereocenters. The van der Waals surface area contributed by atoms with Crippen LogP contribution in [0.1, 0.15) is 20.3 Å². The molecule has 152 valence electrons. The lowest BCUT2D eigenvalue weighted by Gasteiger charge is -2.38. The molecule has 2 atom stereocenters. The third kappa shape index (κ3) is 3.69. The van der Waals surface area contributed by atoms with Gasteiger partial charge in [0.1, 0.15) is 10.6 Å². The van der Waals surface area contributed by atoms with Crippen molar-refractivity contribution in [1.29, 1.82) is 0 Å². The fourth-order valence-electron chi connectivity index (χ4n) is 4.36. The molecule has 0 aliphatic carbocycles. The molecule has 0 radical (unpaired) electrons. The minimum atomic E-state index is -3.71. The first-order valence-corrected chi connectivity index (χ1v) is 11.4. The van der Waals surface area contributed by atoms with E-state index in [0.29, 0.717) is 17.6 Å². The van der Waals surface area contributed by atoms with Crippen LogP contribution in [0.3, 0.4) is 0 Å². The van der Waals surface area contributed by atoms with Gasteiger partial charge in [-0.25, -0.2) is 8.42 Å². The predicted octanol–water partition coefficient (Wildman–Crippen LogP) is 4.56. The van der Waals surface area contributed by atoms with E-state index in [9.17, 15) is 8.42 Å². The predicted molar refractivity (Wildman–Crippen MR) is 115 cm³/mol. The number of aromatic nitrogens is 1. The largest absolute Gasteiger partial charge is 0.497 e. The number of hydrogen-bond acceptors (Lipinski definition) is 5. The van der Waals surface area contributed by atoms with E-state index in [1.165, 1.54) is 6.20 Å². The molecule has 2 heterocycles. The van der Waals surface area contributed by atoms with E-state index in [-0.39, 0.29) is 9.79 Å². The first-order chi connectivity index (χ1) is 13.9. The van der Waals surface area contributed by atoms with Crippen LogP contribution in [-0.4, -0.2) is 33.6 Å². The number of ether oxygens (including phenoxy) is 1. The van der Waals surface area contributed by atoms with Crippen LogP contribution in [-0.2, 0) is 9.84 Å². The number of pyridine rings is 1. The van der Waals surface area contributed by atoms with E-state index in [1.54, 1.807) is 31.4 Å². The second kappa shape index (κ2) is 7.67. The van der Waals surface area contributed by atoms with Crippen LogP contribution in [0.15, 0.2) is 64.5 Å². The quantitative estimate of drug-likeness (QED) is 0.631. The van der Waals surface area contributed by atoms with Gasteiger partial charge < -0.3 is 9.64 Å². The van der Waals surface area contributed by atoms with Crippen molar-refractivity contribution in [2.75, 3.05) is 25.1 Å². The van der Waals surface area contributed by atoms with Crippen molar-refractivity contribution < 1.29 is 13.2 Å². The van der Waals surface area contributed by atoms with Crippen LogP contribution in [0.4, 0.5) is 5.69 Å². The Labute approximate surface area is 172 Å². The Bertz CT molecular complexity index is 1120. The van der Waals surface area contributed by atoms with E-state index in [0.717, 1.165) is 36.1 Å². The molecule has 0 bridgehead atoms. The molecule has 3 aromatic rings. The number of nitrogens with zero attached hydrogens (tertiary/aromatic N) is 2. The Hall–Kier alpha value is -2.60. The maximum absolute atomic E-state index is 13.6. The van der Waals surface area contributed by atoms with Crippen molar-refractivity contribution >= 4 is 26.4 Å². The first-order valence-electron chi connectivity index (χ1n) is 9.92. The third-order valence-corrected chi connectivity index (χ3v) is 7.31. The SMILES string of the molecule is COc1ccc2ncc(S(=O)(=O)c3ccccc3)c(N3C[C@@H](C)C[C@H](C)C3)c2c1. The zero-order chi connectivity index (χ0) is 20.6. The Balaban J connectivity index is 1.99. The highest BCUT2D eigenvalue weighted by atomic mass is 32.2. The molecule has 1 fully saturated rings. The molecule has 0 N–H and O–H groups in total. The third-order valence-electron chi connectivity index (χ3n) is 5.54. The monoisotopic (exact) mass is 410 g/mol. The van der Waals surface area contributed by atoms with Crippen LogP contribution < -0.4 is 9.64 Å². The molecule has 1 aliphatic heterocycles. The van der Waals surface area contributed by atoms with Gasteiger partial charge in [0.25, 0.3) is 0 Å². The molecular weight excluding hydrogens is 384 g/mol. The lowest BCUT2D eigenvalue weighted by molar-refractivity contribution is 0.356. The van der Waals surface area contributed by atoms with Gasteiger partial charge in [-0.2, -0.15) is 0 Å². The van der Waals surface area contributed by atoms with Gasteiger partial charge in [-0.1, -0.05) is 32.0 Å². The lowest BCUT2D eigenvalue weighted by atomic mass is 9.91. The van der Waals surface area contributed by atoms with Crippen LogP contribution >= 0.6 is 0 Å². The molecule has 5 nitrogen and oxygen atoms in total. The van der Waals surface area contributed by atoms with E-state index in [2.05, 4.69) is 23.7 Å². The van der Waals surface area contributed by atoms with Crippen LogP contribution in [0, 0.1) is 11.8 Å². The normalized spacial score (nSPS) is 20.0. The van der Waals surface area contributed by atoms with Crippen molar-refractivity contribution in [3.63, 3.8) is 0 Å². The van der Waals surface area contributed by atoms with Gasteiger partial charge >= 0.3 is 0 Å². The standard InChI is InChI=1S/C23H26N2O3S/c1-16-11-17(2)15-25(14-16)23-20-12-18(28-3)9-10-21(20)24-13-22(23)29(26,27)19-7-5-4-6-8-19/h4-10,12-13,16-17H,11,14-15H2,1-3H3/t16-,17-/m0/s1. The number of sulfone groups is 1. The number of methoxy groups -OCH3 is 1. The minimum absolute atomic E-state index is 0.255. The smallest absolute Gasteiger partial charge is 0.210 e. The zero-order valence-corrected chi connectivity index (χ0v) is 17.8. The molecule has 4 rings (SSSR count). The molecular formula is C23H26N2O3S. The molecule has 1 aliphatic rings. The second-order valence-corrected chi connectivity index (χ2v) is 9.94. The Morgan fingerprint density at radius 1 is 1.03 bits per heavy atom. The molecule has 1 aromatic heterocycles. The van der Waals surface area contributed by atoms with Crippen molar-refractivity contribution in [2.45, 2.75) is 30.1 Å². The number of benzene rings is 2. The summed E-state index contributed by atoms with van der Waals surface area (Å²) >= 11 is 0. The van der Waals surface area contributed by atoms with Gasteiger partial charge in [0.05, 0.1) is 23.2 Å². The summed E-state index contributed by atoms with van der Waals surface area (Å²) in [6.07, 6.45) is 2.65. The van der Waals surface area contributed by atoms with Gasteiger partial charge in [-0.3, -0.25) is 4.98 Å². The van der Waals surface area contributed by atoms with Crippen molar-refractivity contribution in [3.8, 4) is 5.75 Å². The molecule has 0 amide bonds. The average Bonchev–Trinajstić information content (AvgIpc) is 2.72. The summed E-state index contributed by atoms with van der Waals surface area (Å²) < 4.78 is 32.5. The summed E-state index contributed by atoms with van der Waals surface area (Å²) in [6.45, 7) is 6.08.